The Bertz CT molecular complexity index is 344. The number of hydrogen-bond donors (Lipinski definition) is 3. The lowest BCUT2D eigenvalue weighted by molar-refractivity contribution is -0.437. The van der Waals surface area contributed by atoms with E-state index < -0.39 is 11.9 Å². The van der Waals surface area contributed by atoms with Crippen molar-refractivity contribution in [2.45, 2.75) is 70.7 Å². The molecule has 1 aliphatic carbocycles. The molecule has 0 radical (unpaired) electrons. The Balaban J connectivity index is 2.83. The molecule has 1 aliphatic rings. The molecular weight excluding hydrogens is 260 g/mol. The molecule has 1 fully saturated rings. The molecule has 0 aliphatic heterocycles. The molecule has 6 nitrogen and oxygen atoms in total. The monoisotopic (exact) mass is 287 g/mol. The minimum atomic E-state index is -0.807. The van der Waals surface area contributed by atoms with E-state index in [4.69, 9.17) is 4.74 Å². The van der Waals surface area contributed by atoms with E-state index in [1.54, 1.807) is 0 Å². The zero-order valence-corrected chi connectivity index (χ0v) is 12.6. The summed E-state index contributed by atoms with van der Waals surface area (Å²) in [6.07, 6.45) is 2.47. The Morgan fingerprint density at radius 3 is 2.40 bits per heavy atom. The van der Waals surface area contributed by atoms with Gasteiger partial charge in [0, 0.05) is 13.3 Å². The zero-order valence-electron chi connectivity index (χ0n) is 12.6. The van der Waals surface area contributed by atoms with Gasteiger partial charge in [-0.1, -0.05) is 13.8 Å². The Kier molecular flexibility index (Phi) is 6.42. The van der Waals surface area contributed by atoms with E-state index >= 15 is 0 Å². The predicted molar refractivity (Wildman–Crippen MR) is 73.9 cm³/mol. The number of carboxylic acid groups (broad SMARTS) is 1. The van der Waals surface area contributed by atoms with Gasteiger partial charge in [-0.15, -0.1) is 0 Å². The van der Waals surface area contributed by atoms with E-state index in [1.807, 2.05) is 13.8 Å². The molecule has 116 valence electrons. The summed E-state index contributed by atoms with van der Waals surface area (Å²) in [4.78, 5) is 22.6. The summed E-state index contributed by atoms with van der Waals surface area (Å²) in [7, 11) is 0. The van der Waals surface area contributed by atoms with Gasteiger partial charge in [-0.2, -0.15) is 0 Å². The maximum Gasteiger partial charge on any atom is 0.306 e. The third kappa shape index (κ3) is 4.45. The van der Waals surface area contributed by atoms with E-state index in [2.05, 4.69) is 11.1 Å². The highest BCUT2D eigenvalue weighted by Gasteiger charge is 2.42. The molecule has 1 amide bonds. The maximum atomic E-state index is 11.3. The van der Waals surface area contributed by atoms with Gasteiger partial charge in [-0.05, 0) is 19.3 Å². The molecule has 5 N–H and O–H groups in total. The molecule has 4 atom stereocenters. The first-order chi connectivity index (χ1) is 9.38. The van der Waals surface area contributed by atoms with Crippen molar-refractivity contribution in [2.24, 2.45) is 5.92 Å². The van der Waals surface area contributed by atoms with Crippen LogP contribution in [0.25, 0.3) is 0 Å². The number of hydrogen-bond acceptors (Lipinski definition) is 3. The second-order valence-electron chi connectivity index (χ2n) is 5.61. The summed E-state index contributed by atoms with van der Waals surface area (Å²) in [5.41, 5.74) is 4.02. The van der Waals surface area contributed by atoms with E-state index in [0.717, 1.165) is 12.8 Å². The second-order valence-corrected chi connectivity index (χ2v) is 5.61. The number of carboxylic acids is 1. The zero-order chi connectivity index (χ0) is 15.3. The summed E-state index contributed by atoms with van der Waals surface area (Å²) < 4.78 is 6.04. The van der Waals surface area contributed by atoms with Gasteiger partial charge in [0.1, 0.15) is 12.1 Å². The predicted octanol–water partition coefficient (Wildman–Crippen LogP) is 0.170. The number of nitrogens with one attached hydrogen (secondary N) is 1. The summed E-state index contributed by atoms with van der Waals surface area (Å²) >= 11 is 0. The summed E-state index contributed by atoms with van der Waals surface area (Å²) in [6.45, 7) is 5.55. The second kappa shape index (κ2) is 7.59. The molecule has 0 aromatic heterocycles. The van der Waals surface area contributed by atoms with Crippen LogP contribution < -0.4 is 11.1 Å². The number of aliphatic carboxylic acids is 1. The topological polar surface area (TPSA) is 103 Å². The Morgan fingerprint density at radius 1 is 1.35 bits per heavy atom. The van der Waals surface area contributed by atoms with Crippen LogP contribution in [-0.2, 0) is 14.3 Å². The highest BCUT2D eigenvalue weighted by Crippen LogP contribution is 2.27. The lowest BCUT2D eigenvalue weighted by atomic mass is 9.80. The van der Waals surface area contributed by atoms with Gasteiger partial charge < -0.3 is 20.9 Å². The van der Waals surface area contributed by atoms with Crippen molar-refractivity contribution in [3.63, 3.8) is 0 Å². The number of carbonyl (C=O) groups excluding carboxylic acids is 1. The van der Waals surface area contributed by atoms with Crippen LogP contribution in [0.5, 0.6) is 0 Å². The standard InChI is InChI=1S/C14H26N2O4/c1-4-10(5-2)20-12-7-9(14(18)19)6-11(15)13(12)16-8(3)17/h9-13H,4-7,15H2,1-3H3,(H,16,17)(H,18,19)/p+1/t9-,11-,12+,13+/m0/s1. The Labute approximate surface area is 120 Å². The van der Waals surface area contributed by atoms with E-state index in [1.165, 1.54) is 6.92 Å². The van der Waals surface area contributed by atoms with Crippen LogP contribution in [0.1, 0.15) is 46.5 Å². The molecular formula is C14H27N2O4+. The molecule has 0 aromatic carbocycles. The van der Waals surface area contributed by atoms with Crippen molar-refractivity contribution in [1.29, 1.82) is 0 Å². The van der Waals surface area contributed by atoms with Gasteiger partial charge in [0.25, 0.3) is 0 Å². The van der Waals surface area contributed by atoms with Crippen LogP contribution in [0.4, 0.5) is 0 Å². The fraction of sp³-hybridized carbons (Fsp3) is 0.857. The van der Waals surface area contributed by atoms with Gasteiger partial charge in [-0.3, -0.25) is 9.59 Å². The Hall–Kier alpha value is -1.14. The van der Waals surface area contributed by atoms with Crippen LogP contribution in [0.3, 0.4) is 0 Å². The van der Waals surface area contributed by atoms with Gasteiger partial charge in [0.2, 0.25) is 5.91 Å². The van der Waals surface area contributed by atoms with Crippen molar-refractivity contribution in [2.75, 3.05) is 0 Å². The van der Waals surface area contributed by atoms with Crippen molar-refractivity contribution in [3.8, 4) is 0 Å². The molecule has 0 saturated heterocycles. The van der Waals surface area contributed by atoms with E-state index in [0.29, 0.717) is 12.8 Å². The first-order valence-electron chi connectivity index (χ1n) is 7.37. The highest BCUT2D eigenvalue weighted by molar-refractivity contribution is 5.74. The molecule has 20 heavy (non-hydrogen) atoms. The SMILES string of the molecule is CCC(CC)O[C@@H]1C[C@@H](C(=O)O)C[C@H]([NH3+])[C@H]1NC(C)=O. The summed E-state index contributed by atoms with van der Waals surface area (Å²) in [5.74, 6) is -1.38. The van der Waals surface area contributed by atoms with Crippen LogP contribution in [-0.4, -0.2) is 41.3 Å². The first kappa shape index (κ1) is 16.9. The van der Waals surface area contributed by atoms with Crippen LogP contribution in [0.15, 0.2) is 0 Å². The van der Waals surface area contributed by atoms with E-state index in [9.17, 15) is 14.7 Å². The molecule has 0 spiro atoms. The number of amides is 1. The van der Waals surface area contributed by atoms with Gasteiger partial charge in [-0.25, -0.2) is 0 Å². The first-order valence-corrected chi connectivity index (χ1v) is 7.37. The van der Waals surface area contributed by atoms with Crippen LogP contribution in [0, 0.1) is 5.92 Å². The Morgan fingerprint density at radius 2 is 1.95 bits per heavy atom. The lowest BCUT2D eigenvalue weighted by Gasteiger charge is -2.38. The van der Waals surface area contributed by atoms with E-state index in [-0.39, 0.29) is 30.2 Å². The van der Waals surface area contributed by atoms with Gasteiger partial charge in [0.15, 0.2) is 0 Å². The third-order valence-corrected chi connectivity index (χ3v) is 4.01. The number of carbonyl (C=O) groups is 2. The number of quaternary nitrogens is 1. The maximum absolute atomic E-state index is 11.3. The number of ether oxygens (including phenoxy) is 1. The normalized spacial score (nSPS) is 30.2. The smallest absolute Gasteiger partial charge is 0.306 e. The van der Waals surface area contributed by atoms with Crippen molar-refractivity contribution < 1.29 is 25.2 Å². The minimum Gasteiger partial charge on any atom is -0.481 e. The molecule has 1 saturated carbocycles. The average Bonchev–Trinajstić information content (AvgIpc) is 2.38. The highest BCUT2D eigenvalue weighted by atomic mass is 16.5. The number of rotatable bonds is 6. The van der Waals surface area contributed by atoms with Crippen molar-refractivity contribution in [3.05, 3.63) is 0 Å². The molecule has 1 rings (SSSR count). The van der Waals surface area contributed by atoms with Gasteiger partial charge >= 0.3 is 5.97 Å². The fourth-order valence-electron chi connectivity index (χ4n) is 2.85. The molecule has 6 heteroatoms. The molecule has 0 unspecified atom stereocenters. The lowest BCUT2D eigenvalue weighted by Crippen LogP contribution is -2.75. The van der Waals surface area contributed by atoms with Crippen molar-refractivity contribution >= 4 is 11.9 Å². The molecule has 0 bridgehead atoms. The fourth-order valence-corrected chi connectivity index (χ4v) is 2.85. The molecule has 0 aromatic rings. The third-order valence-electron chi connectivity index (χ3n) is 4.01. The van der Waals surface area contributed by atoms with Crippen LogP contribution >= 0.6 is 0 Å². The minimum absolute atomic E-state index is 0.0935. The molecule has 0 heterocycles. The van der Waals surface area contributed by atoms with Crippen molar-refractivity contribution in [1.82, 2.24) is 5.32 Å². The average molecular weight is 287 g/mol. The largest absolute Gasteiger partial charge is 0.481 e. The summed E-state index contributed by atoms with van der Waals surface area (Å²) in [6, 6.07) is -0.350. The quantitative estimate of drug-likeness (QED) is 0.648. The van der Waals surface area contributed by atoms with Crippen LogP contribution in [0.2, 0.25) is 0 Å². The summed E-state index contributed by atoms with van der Waals surface area (Å²) in [5, 5.41) is 12.1. The van der Waals surface area contributed by atoms with Gasteiger partial charge in [0.05, 0.1) is 18.1 Å².